The normalized spacial score (nSPS) is 10.4. The van der Waals surface area contributed by atoms with Gasteiger partial charge in [-0.2, -0.15) is 5.10 Å². The molecule has 0 saturated heterocycles. The summed E-state index contributed by atoms with van der Waals surface area (Å²) in [7, 11) is 0. The molecule has 0 aliphatic carbocycles. The standard InChI is InChI=1S/C17H18N6O2/c1-13(24)20-16-11-15(21-23(16)14-5-3-2-4-6-14)17(25)19-8-10-22-9-7-18-12-22/h2-7,9,11-12H,8,10H2,1H3,(H,19,25)(H,20,24). The van der Waals surface area contributed by atoms with E-state index in [1.54, 1.807) is 18.6 Å². The van der Waals surface area contributed by atoms with Crippen molar-refractivity contribution < 1.29 is 9.59 Å². The van der Waals surface area contributed by atoms with Crippen molar-refractivity contribution in [1.82, 2.24) is 24.6 Å². The van der Waals surface area contributed by atoms with E-state index in [1.807, 2.05) is 41.1 Å². The van der Waals surface area contributed by atoms with E-state index in [4.69, 9.17) is 0 Å². The topological polar surface area (TPSA) is 93.8 Å². The fourth-order valence-electron chi connectivity index (χ4n) is 2.34. The Morgan fingerprint density at radius 2 is 2.00 bits per heavy atom. The van der Waals surface area contributed by atoms with Crippen molar-refractivity contribution in [3.63, 3.8) is 0 Å². The lowest BCUT2D eigenvalue weighted by Gasteiger charge is -2.06. The third-order valence-electron chi connectivity index (χ3n) is 3.46. The number of imidazole rings is 1. The van der Waals surface area contributed by atoms with Gasteiger partial charge >= 0.3 is 0 Å². The number of carbonyl (C=O) groups excluding carboxylic acids is 2. The fourth-order valence-corrected chi connectivity index (χ4v) is 2.34. The molecule has 2 N–H and O–H groups in total. The van der Waals surface area contributed by atoms with Gasteiger partial charge in [0.05, 0.1) is 12.0 Å². The van der Waals surface area contributed by atoms with Crippen LogP contribution < -0.4 is 10.6 Å². The van der Waals surface area contributed by atoms with Crippen LogP contribution in [0.2, 0.25) is 0 Å². The quantitative estimate of drug-likeness (QED) is 0.711. The van der Waals surface area contributed by atoms with Crippen molar-refractivity contribution in [2.45, 2.75) is 13.5 Å². The van der Waals surface area contributed by atoms with Crippen molar-refractivity contribution in [3.05, 3.63) is 60.8 Å². The van der Waals surface area contributed by atoms with Gasteiger partial charge in [0, 0.05) is 38.5 Å². The van der Waals surface area contributed by atoms with Crippen LogP contribution in [0.4, 0.5) is 5.82 Å². The minimum atomic E-state index is -0.304. The molecule has 0 unspecified atom stereocenters. The van der Waals surface area contributed by atoms with E-state index in [-0.39, 0.29) is 17.5 Å². The Balaban J connectivity index is 1.75. The first-order chi connectivity index (χ1) is 12.1. The van der Waals surface area contributed by atoms with Gasteiger partial charge in [-0.25, -0.2) is 9.67 Å². The van der Waals surface area contributed by atoms with Crippen LogP contribution in [-0.4, -0.2) is 37.7 Å². The van der Waals surface area contributed by atoms with Crippen molar-refractivity contribution in [2.24, 2.45) is 0 Å². The van der Waals surface area contributed by atoms with Gasteiger partial charge in [-0.15, -0.1) is 0 Å². The Bertz CT molecular complexity index is 855. The molecule has 1 aromatic carbocycles. The molecule has 8 heteroatoms. The summed E-state index contributed by atoms with van der Waals surface area (Å²) in [5.74, 6) is -0.0935. The van der Waals surface area contributed by atoms with Crippen LogP contribution >= 0.6 is 0 Å². The van der Waals surface area contributed by atoms with Gasteiger partial charge in [0.2, 0.25) is 5.91 Å². The Hall–Kier alpha value is -3.42. The predicted octanol–water partition coefficient (Wildman–Crippen LogP) is 1.46. The Kier molecular flexibility index (Phi) is 4.89. The summed E-state index contributed by atoms with van der Waals surface area (Å²) in [6, 6.07) is 10.9. The lowest BCUT2D eigenvalue weighted by Crippen LogP contribution is -2.27. The molecular weight excluding hydrogens is 320 g/mol. The molecule has 0 aliphatic heterocycles. The molecule has 25 heavy (non-hydrogen) atoms. The lowest BCUT2D eigenvalue weighted by molar-refractivity contribution is -0.114. The third kappa shape index (κ3) is 4.11. The Morgan fingerprint density at radius 3 is 2.68 bits per heavy atom. The number of nitrogens with zero attached hydrogens (tertiary/aromatic N) is 4. The third-order valence-corrected chi connectivity index (χ3v) is 3.46. The number of carbonyl (C=O) groups is 2. The van der Waals surface area contributed by atoms with Crippen LogP contribution in [0.5, 0.6) is 0 Å². The van der Waals surface area contributed by atoms with Crippen LogP contribution in [0.25, 0.3) is 5.69 Å². The summed E-state index contributed by atoms with van der Waals surface area (Å²) >= 11 is 0. The van der Waals surface area contributed by atoms with E-state index in [0.29, 0.717) is 18.9 Å². The van der Waals surface area contributed by atoms with Gasteiger partial charge < -0.3 is 15.2 Å². The zero-order chi connectivity index (χ0) is 17.6. The van der Waals surface area contributed by atoms with Gasteiger partial charge in [-0.3, -0.25) is 9.59 Å². The minimum Gasteiger partial charge on any atom is -0.349 e. The fraction of sp³-hybridized carbons (Fsp3) is 0.176. The summed E-state index contributed by atoms with van der Waals surface area (Å²) < 4.78 is 3.40. The number of hydrogen-bond donors (Lipinski definition) is 2. The van der Waals surface area contributed by atoms with Crippen molar-refractivity contribution >= 4 is 17.6 Å². The van der Waals surface area contributed by atoms with Crippen molar-refractivity contribution in [2.75, 3.05) is 11.9 Å². The summed E-state index contributed by atoms with van der Waals surface area (Å²) in [4.78, 5) is 27.7. The van der Waals surface area contributed by atoms with E-state index >= 15 is 0 Å². The molecule has 128 valence electrons. The first-order valence-electron chi connectivity index (χ1n) is 7.80. The summed E-state index contributed by atoms with van der Waals surface area (Å²) in [6.07, 6.45) is 5.19. The zero-order valence-electron chi connectivity index (χ0n) is 13.7. The van der Waals surface area contributed by atoms with Crippen LogP contribution in [-0.2, 0) is 11.3 Å². The largest absolute Gasteiger partial charge is 0.349 e. The number of hydrogen-bond acceptors (Lipinski definition) is 4. The van der Waals surface area contributed by atoms with E-state index in [0.717, 1.165) is 5.69 Å². The van der Waals surface area contributed by atoms with E-state index in [2.05, 4.69) is 20.7 Å². The number of aromatic nitrogens is 4. The molecular formula is C17H18N6O2. The Morgan fingerprint density at radius 1 is 1.20 bits per heavy atom. The zero-order valence-corrected chi connectivity index (χ0v) is 13.7. The number of nitrogens with one attached hydrogen (secondary N) is 2. The molecule has 2 amide bonds. The maximum Gasteiger partial charge on any atom is 0.271 e. The number of anilines is 1. The van der Waals surface area contributed by atoms with E-state index in [1.165, 1.54) is 11.6 Å². The molecule has 3 rings (SSSR count). The molecule has 2 aromatic heterocycles. The average Bonchev–Trinajstić information content (AvgIpc) is 3.25. The summed E-state index contributed by atoms with van der Waals surface area (Å²) in [6.45, 7) is 2.47. The summed E-state index contributed by atoms with van der Waals surface area (Å²) in [5, 5.41) is 9.82. The molecule has 0 spiro atoms. The molecule has 0 saturated carbocycles. The first kappa shape index (κ1) is 16.4. The highest BCUT2D eigenvalue weighted by atomic mass is 16.2. The highest BCUT2D eigenvalue weighted by Crippen LogP contribution is 2.17. The van der Waals surface area contributed by atoms with Gasteiger partial charge in [0.25, 0.3) is 5.91 Å². The van der Waals surface area contributed by atoms with Crippen LogP contribution in [0.1, 0.15) is 17.4 Å². The van der Waals surface area contributed by atoms with E-state index < -0.39 is 0 Å². The molecule has 0 bridgehead atoms. The predicted molar refractivity (Wildman–Crippen MR) is 92.4 cm³/mol. The second-order valence-electron chi connectivity index (χ2n) is 5.40. The molecule has 0 aliphatic rings. The molecule has 0 atom stereocenters. The maximum absolute atomic E-state index is 12.3. The summed E-state index contributed by atoms with van der Waals surface area (Å²) in [5.41, 5.74) is 0.988. The second-order valence-corrected chi connectivity index (χ2v) is 5.40. The number of amides is 2. The second kappa shape index (κ2) is 7.43. The lowest BCUT2D eigenvalue weighted by atomic mass is 10.3. The van der Waals surface area contributed by atoms with Crippen molar-refractivity contribution in [1.29, 1.82) is 0 Å². The highest BCUT2D eigenvalue weighted by Gasteiger charge is 2.16. The van der Waals surface area contributed by atoms with Crippen LogP contribution in [0.15, 0.2) is 55.1 Å². The first-order valence-corrected chi connectivity index (χ1v) is 7.80. The van der Waals surface area contributed by atoms with E-state index in [9.17, 15) is 9.59 Å². The van der Waals surface area contributed by atoms with Gasteiger partial charge in [-0.05, 0) is 12.1 Å². The van der Waals surface area contributed by atoms with Crippen molar-refractivity contribution in [3.8, 4) is 5.69 Å². The Labute approximate surface area is 144 Å². The van der Waals surface area contributed by atoms with Crippen LogP contribution in [0.3, 0.4) is 0 Å². The molecule has 3 aromatic rings. The smallest absolute Gasteiger partial charge is 0.271 e. The monoisotopic (exact) mass is 338 g/mol. The van der Waals surface area contributed by atoms with Crippen LogP contribution in [0, 0.1) is 0 Å². The molecule has 2 heterocycles. The maximum atomic E-state index is 12.3. The van der Waals surface area contributed by atoms with Gasteiger partial charge in [-0.1, -0.05) is 18.2 Å². The average molecular weight is 338 g/mol. The molecule has 0 radical (unpaired) electrons. The minimum absolute atomic E-state index is 0.232. The number of benzene rings is 1. The molecule has 0 fully saturated rings. The van der Waals surface area contributed by atoms with Gasteiger partial charge in [0.15, 0.2) is 5.69 Å². The SMILES string of the molecule is CC(=O)Nc1cc(C(=O)NCCn2ccnc2)nn1-c1ccccc1. The number of rotatable bonds is 6. The highest BCUT2D eigenvalue weighted by molar-refractivity contribution is 5.95. The molecule has 8 nitrogen and oxygen atoms in total. The number of para-hydroxylation sites is 1. The van der Waals surface area contributed by atoms with Gasteiger partial charge in [0.1, 0.15) is 5.82 Å².